The van der Waals surface area contributed by atoms with Crippen molar-refractivity contribution in [1.29, 1.82) is 0 Å². The van der Waals surface area contributed by atoms with Gasteiger partial charge >= 0.3 is 0 Å². The molecule has 2 aromatic rings. The highest BCUT2D eigenvalue weighted by molar-refractivity contribution is 14.1. The number of nitrogens with one attached hydrogen (secondary N) is 1. The number of halogens is 1. The van der Waals surface area contributed by atoms with E-state index in [1.807, 2.05) is 0 Å². The third-order valence-corrected chi connectivity index (χ3v) is 5.41. The van der Waals surface area contributed by atoms with Crippen LogP contribution in [0.5, 0.6) is 0 Å². The third-order valence-electron chi connectivity index (χ3n) is 4.44. The second-order valence-corrected chi connectivity index (χ2v) is 7.18. The average Bonchev–Trinajstić information content (AvgIpc) is 2.74. The SMILES string of the molecule is CCC1CCC(n2c(=S)[nH]c3cc(I)ccc32)CC1. The summed E-state index contributed by atoms with van der Waals surface area (Å²) in [7, 11) is 0. The van der Waals surface area contributed by atoms with Gasteiger partial charge in [-0.05, 0) is 84.6 Å². The van der Waals surface area contributed by atoms with Crippen LogP contribution in [0.1, 0.15) is 45.1 Å². The molecule has 0 unspecified atom stereocenters. The minimum absolute atomic E-state index is 0.587. The molecule has 0 radical (unpaired) electrons. The monoisotopic (exact) mass is 386 g/mol. The van der Waals surface area contributed by atoms with Crippen LogP contribution in [0.4, 0.5) is 0 Å². The Bertz CT molecular complexity index is 635. The van der Waals surface area contributed by atoms with E-state index in [-0.39, 0.29) is 0 Å². The first-order valence-electron chi connectivity index (χ1n) is 7.08. The Balaban J connectivity index is 1.97. The van der Waals surface area contributed by atoms with Crippen LogP contribution in [0.3, 0.4) is 0 Å². The largest absolute Gasteiger partial charge is 0.331 e. The number of aromatic amines is 1. The van der Waals surface area contributed by atoms with Crippen LogP contribution in [-0.2, 0) is 0 Å². The van der Waals surface area contributed by atoms with Gasteiger partial charge < -0.3 is 9.55 Å². The van der Waals surface area contributed by atoms with Gasteiger partial charge in [0.25, 0.3) is 0 Å². The smallest absolute Gasteiger partial charge is 0.178 e. The molecule has 102 valence electrons. The fraction of sp³-hybridized carbons (Fsp3) is 0.533. The maximum absolute atomic E-state index is 5.54. The summed E-state index contributed by atoms with van der Waals surface area (Å²) in [4.78, 5) is 3.36. The van der Waals surface area contributed by atoms with Gasteiger partial charge in [-0.1, -0.05) is 13.3 Å². The summed E-state index contributed by atoms with van der Waals surface area (Å²) in [5.74, 6) is 0.927. The molecular weight excluding hydrogens is 367 g/mol. The van der Waals surface area contributed by atoms with E-state index in [2.05, 4.69) is 57.3 Å². The number of fused-ring (bicyclic) bond motifs is 1. The number of nitrogens with zero attached hydrogens (tertiary/aromatic N) is 1. The van der Waals surface area contributed by atoms with E-state index in [9.17, 15) is 0 Å². The Kier molecular flexibility index (Phi) is 3.98. The number of rotatable bonds is 2. The van der Waals surface area contributed by atoms with Gasteiger partial charge in [0.15, 0.2) is 4.77 Å². The summed E-state index contributed by atoms with van der Waals surface area (Å²) in [5, 5.41) is 0. The topological polar surface area (TPSA) is 20.7 Å². The molecule has 3 rings (SSSR count). The zero-order valence-electron chi connectivity index (χ0n) is 11.2. The van der Waals surface area contributed by atoms with Gasteiger partial charge in [-0.3, -0.25) is 0 Å². The Morgan fingerprint density at radius 2 is 2.05 bits per heavy atom. The first-order valence-corrected chi connectivity index (χ1v) is 8.57. The molecule has 0 aliphatic heterocycles. The van der Waals surface area contributed by atoms with Crippen molar-refractivity contribution in [3.05, 3.63) is 26.5 Å². The van der Waals surface area contributed by atoms with Gasteiger partial charge in [-0.2, -0.15) is 0 Å². The predicted molar refractivity (Wildman–Crippen MR) is 91.1 cm³/mol. The molecular formula is C15H19IN2S. The lowest BCUT2D eigenvalue weighted by Gasteiger charge is -2.29. The lowest BCUT2D eigenvalue weighted by molar-refractivity contribution is 0.272. The van der Waals surface area contributed by atoms with Crippen LogP contribution in [0.2, 0.25) is 0 Å². The molecule has 0 bridgehead atoms. The van der Waals surface area contributed by atoms with Crippen LogP contribution in [0.15, 0.2) is 18.2 Å². The van der Waals surface area contributed by atoms with Crippen molar-refractivity contribution in [2.45, 2.75) is 45.1 Å². The minimum atomic E-state index is 0.587. The Morgan fingerprint density at radius 3 is 2.74 bits per heavy atom. The van der Waals surface area contributed by atoms with E-state index in [0.29, 0.717) is 6.04 Å². The molecule has 1 aliphatic carbocycles. The summed E-state index contributed by atoms with van der Waals surface area (Å²) in [6, 6.07) is 7.14. The highest BCUT2D eigenvalue weighted by Crippen LogP contribution is 2.35. The Morgan fingerprint density at radius 1 is 1.32 bits per heavy atom. The number of imidazole rings is 1. The summed E-state index contributed by atoms with van der Waals surface area (Å²) < 4.78 is 4.49. The van der Waals surface area contributed by atoms with Crippen molar-refractivity contribution in [2.24, 2.45) is 5.92 Å². The van der Waals surface area contributed by atoms with Crippen LogP contribution < -0.4 is 0 Å². The van der Waals surface area contributed by atoms with Gasteiger partial charge in [0.2, 0.25) is 0 Å². The molecule has 1 fully saturated rings. The van der Waals surface area contributed by atoms with Crippen LogP contribution in [-0.4, -0.2) is 9.55 Å². The second-order valence-electron chi connectivity index (χ2n) is 5.54. The van der Waals surface area contributed by atoms with Crippen molar-refractivity contribution in [2.75, 3.05) is 0 Å². The molecule has 1 aromatic heterocycles. The molecule has 1 aliphatic rings. The molecule has 0 amide bonds. The maximum Gasteiger partial charge on any atom is 0.178 e. The lowest BCUT2D eigenvalue weighted by Crippen LogP contribution is -2.17. The highest BCUT2D eigenvalue weighted by Gasteiger charge is 2.23. The summed E-state index contributed by atoms with van der Waals surface area (Å²) in [6.45, 7) is 2.31. The van der Waals surface area contributed by atoms with E-state index in [1.54, 1.807) is 0 Å². The van der Waals surface area contributed by atoms with E-state index < -0.39 is 0 Å². The highest BCUT2D eigenvalue weighted by atomic mass is 127. The molecule has 19 heavy (non-hydrogen) atoms. The first-order chi connectivity index (χ1) is 9.19. The Labute approximate surface area is 132 Å². The molecule has 1 saturated carbocycles. The Hall–Kier alpha value is -0.360. The normalized spacial score (nSPS) is 23.9. The van der Waals surface area contributed by atoms with E-state index >= 15 is 0 Å². The van der Waals surface area contributed by atoms with Gasteiger partial charge in [0.05, 0.1) is 11.0 Å². The van der Waals surface area contributed by atoms with Crippen molar-refractivity contribution in [3.63, 3.8) is 0 Å². The first kappa shape index (κ1) is 13.6. The van der Waals surface area contributed by atoms with Crippen LogP contribution in [0.25, 0.3) is 11.0 Å². The van der Waals surface area contributed by atoms with E-state index in [1.165, 1.54) is 46.7 Å². The number of H-pyrrole nitrogens is 1. The van der Waals surface area contributed by atoms with Crippen molar-refractivity contribution >= 4 is 45.8 Å². The molecule has 4 heteroatoms. The standard InChI is InChI=1S/C15H19IN2S/c1-2-10-3-6-12(7-4-10)18-14-8-5-11(16)9-13(14)17-15(18)19/h5,8-10,12H,2-4,6-7H2,1H3,(H,17,19). The quantitative estimate of drug-likeness (QED) is 0.538. The summed E-state index contributed by atoms with van der Waals surface area (Å²) in [6.07, 6.45) is 6.56. The van der Waals surface area contributed by atoms with Crippen molar-refractivity contribution in [3.8, 4) is 0 Å². The molecule has 2 nitrogen and oxygen atoms in total. The summed E-state index contributed by atoms with van der Waals surface area (Å²) in [5.41, 5.74) is 2.44. The molecule has 0 saturated heterocycles. The number of hydrogen-bond acceptors (Lipinski definition) is 1. The third kappa shape index (κ3) is 2.61. The number of hydrogen-bond donors (Lipinski definition) is 1. The molecule has 1 heterocycles. The minimum Gasteiger partial charge on any atom is -0.331 e. The second kappa shape index (κ2) is 5.56. The zero-order chi connectivity index (χ0) is 13.4. The number of benzene rings is 1. The van der Waals surface area contributed by atoms with Gasteiger partial charge in [-0.25, -0.2) is 0 Å². The maximum atomic E-state index is 5.54. The molecule has 0 atom stereocenters. The van der Waals surface area contributed by atoms with E-state index in [0.717, 1.165) is 10.7 Å². The van der Waals surface area contributed by atoms with Crippen LogP contribution in [0, 0.1) is 14.3 Å². The lowest BCUT2D eigenvalue weighted by atomic mass is 9.84. The fourth-order valence-electron chi connectivity index (χ4n) is 3.28. The average molecular weight is 386 g/mol. The van der Waals surface area contributed by atoms with E-state index in [4.69, 9.17) is 12.2 Å². The van der Waals surface area contributed by atoms with Crippen LogP contribution >= 0.6 is 34.8 Å². The van der Waals surface area contributed by atoms with Gasteiger partial charge in [0.1, 0.15) is 0 Å². The van der Waals surface area contributed by atoms with Crippen molar-refractivity contribution < 1.29 is 0 Å². The predicted octanol–water partition coefficient (Wildman–Crippen LogP) is 5.44. The molecule has 1 aromatic carbocycles. The molecule has 0 spiro atoms. The molecule has 1 N–H and O–H groups in total. The van der Waals surface area contributed by atoms with Crippen molar-refractivity contribution in [1.82, 2.24) is 9.55 Å². The number of aromatic nitrogens is 2. The van der Waals surface area contributed by atoms with Gasteiger partial charge in [0, 0.05) is 9.61 Å². The summed E-state index contributed by atoms with van der Waals surface area (Å²) >= 11 is 7.89. The zero-order valence-corrected chi connectivity index (χ0v) is 14.1. The van der Waals surface area contributed by atoms with Gasteiger partial charge in [-0.15, -0.1) is 0 Å². The fourth-order valence-corrected chi connectivity index (χ4v) is 4.13.